The number of pyridine rings is 1. The van der Waals surface area contributed by atoms with Gasteiger partial charge in [0.15, 0.2) is 0 Å². The highest BCUT2D eigenvalue weighted by atomic mass is 16.4. The third kappa shape index (κ3) is 2.27. The van der Waals surface area contributed by atoms with Gasteiger partial charge in [0.1, 0.15) is 0 Å². The lowest BCUT2D eigenvalue weighted by atomic mass is 10.1. The Morgan fingerprint density at radius 1 is 1.50 bits per heavy atom. The van der Waals surface area contributed by atoms with E-state index in [0.29, 0.717) is 12.8 Å². The second kappa shape index (κ2) is 4.29. The van der Waals surface area contributed by atoms with E-state index in [1.54, 1.807) is 7.05 Å². The van der Waals surface area contributed by atoms with Crippen molar-refractivity contribution in [3.05, 3.63) is 34.2 Å². The van der Waals surface area contributed by atoms with Crippen molar-refractivity contribution in [2.75, 3.05) is 6.54 Å². The number of aryl methyl sites for hydroxylation is 1. The first-order chi connectivity index (χ1) is 8.44. The van der Waals surface area contributed by atoms with Gasteiger partial charge in [-0.2, -0.15) is 0 Å². The van der Waals surface area contributed by atoms with Crippen LogP contribution in [0.2, 0.25) is 0 Å². The average molecular weight is 250 g/mol. The Bertz CT molecular complexity index is 557. The number of carbonyl (C=O) groups is 2. The molecule has 0 unspecified atom stereocenters. The van der Waals surface area contributed by atoms with Gasteiger partial charge in [-0.1, -0.05) is 0 Å². The molecule has 0 spiro atoms. The number of hydrogen-bond donors (Lipinski definition) is 2. The molecule has 6 nitrogen and oxygen atoms in total. The van der Waals surface area contributed by atoms with E-state index in [4.69, 9.17) is 5.11 Å². The van der Waals surface area contributed by atoms with Gasteiger partial charge in [0.2, 0.25) is 0 Å². The van der Waals surface area contributed by atoms with E-state index in [9.17, 15) is 14.4 Å². The Kier molecular flexibility index (Phi) is 2.94. The fourth-order valence-corrected chi connectivity index (χ4v) is 1.66. The molecule has 1 aromatic heterocycles. The molecule has 0 aliphatic heterocycles. The van der Waals surface area contributed by atoms with E-state index in [1.807, 2.05) is 0 Å². The predicted molar refractivity (Wildman–Crippen MR) is 63.3 cm³/mol. The molecule has 1 aromatic rings. The van der Waals surface area contributed by atoms with Crippen LogP contribution in [0.1, 0.15) is 23.2 Å². The number of carboxylic acids is 1. The fourth-order valence-electron chi connectivity index (χ4n) is 1.66. The van der Waals surface area contributed by atoms with Crippen LogP contribution in [0.5, 0.6) is 0 Å². The lowest BCUT2D eigenvalue weighted by molar-refractivity contribution is -0.143. The monoisotopic (exact) mass is 250 g/mol. The minimum atomic E-state index is -0.883. The summed E-state index contributed by atoms with van der Waals surface area (Å²) in [5.74, 6) is -1.30. The molecule has 6 heteroatoms. The average Bonchev–Trinajstić information content (AvgIpc) is 3.11. The first kappa shape index (κ1) is 12.3. The highest BCUT2D eigenvalue weighted by Crippen LogP contribution is 2.45. The Hall–Kier alpha value is -2.11. The Balaban J connectivity index is 2.02. The van der Waals surface area contributed by atoms with Crippen molar-refractivity contribution in [3.8, 4) is 0 Å². The normalized spacial score (nSPS) is 16.1. The molecule has 1 amide bonds. The first-order valence-corrected chi connectivity index (χ1v) is 5.63. The summed E-state index contributed by atoms with van der Waals surface area (Å²) in [5.41, 5.74) is -0.823. The minimum Gasteiger partial charge on any atom is -0.481 e. The zero-order valence-corrected chi connectivity index (χ0v) is 9.97. The zero-order chi connectivity index (χ0) is 13.3. The summed E-state index contributed by atoms with van der Waals surface area (Å²) in [6.45, 7) is 0.108. The summed E-state index contributed by atoms with van der Waals surface area (Å²) in [6, 6.07) is 2.76. The largest absolute Gasteiger partial charge is 0.481 e. The van der Waals surface area contributed by atoms with E-state index in [0.717, 1.165) is 0 Å². The Labute approximate surface area is 103 Å². The standard InChI is InChI=1S/C12H14N2O4/c1-14-5-2-8(6-9(14)15)10(16)13-7-12(3-4-12)11(17)18/h2,5-6H,3-4,7H2,1H3,(H,13,16)(H,17,18). The van der Waals surface area contributed by atoms with Crippen LogP contribution in [-0.4, -0.2) is 28.1 Å². The van der Waals surface area contributed by atoms with Crippen molar-refractivity contribution in [1.29, 1.82) is 0 Å². The topological polar surface area (TPSA) is 88.4 Å². The molecular weight excluding hydrogens is 236 g/mol. The summed E-state index contributed by atoms with van der Waals surface area (Å²) in [7, 11) is 1.59. The SMILES string of the molecule is Cn1ccc(C(=O)NCC2(C(=O)O)CC2)cc1=O. The molecule has 0 aromatic carbocycles. The van der Waals surface area contributed by atoms with Gasteiger partial charge in [-0.15, -0.1) is 0 Å². The van der Waals surface area contributed by atoms with Crippen LogP contribution in [-0.2, 0) is 11.8 Å². The van der Waals surface area contributed by atoms with Gasteiger partial charge >= 0.3 is 5.97 Å². The van der Waals surface area contributed by atoms with Crippen molar-refractivity contribution in [3.63, 3.8) is 0 Å². The van der Waals surface area contributed by atoms with Gasteiger partial charge in [0.05, 0.1) is 5.41 Å². The van der Waals surface area contributed by atoms with Crippen LogP contribution >= 0.6 is 0 Å². The number of carboxylic acid groups (broad SMARTS) is 1. The molecule has 0 radical (unpaired) electrons. The van der Waals surface area contributed by atoms with E-state index in [2.05, 4.69) is 5.32 Å². The number of amides is 1. The van der Waals surface area contributed by atoms with E-state index in [1.165, 1.54) is 22.9 Å². The third-order valence-electron chi connectivity index (χ3n) is 3.26. The zero-order valence-electron chi connectivity index (χ0n) is 9.97. The maximum Gasteiger partial charge on any atom is 0.311 e. The van der Waals surface area contributed by atoms with Crippen molar-refractivity contribution < 1.29 is 14.7 Å². The molecule has 1 fully saturated rings. The number of nitrogens with zero attached hydrogens (tertiary/aromatic N) is 1. The molecule has 0 atom stereocenters. The highest BCUT2D eigenvalue weighted by Gasteiger charge is 2.50. The molecule has 1 aliphatic carbocycles. The molecule has 1 saturated carbocycles. The Morgan fingerprint density at radius 3 is 2.67 bits per heavy atom. The number of hydrogen-bond acceptors (Lipinski definition) is 3. The Morgan fingerprint density at radius 2 is 2.17 bits per heavy atom. The number of rotatable bonds is 4. The maximum absolute atomic E-state index is 11.8. The summed E-state index contributed by atoms with van der Waals surface area (Å²) in [6.07, 6.45) is 2.67. The third-order valence-corrected chi connectivity index (χ3v) is 3.26. The lowest BCUT2D eigenvalue weighted by Gasteiger charge is -2.11. The summed E-state index contributed by atoms with van der Waals surface area (Å²) < 4.78 is 1.36. The second-order valence-corrected chi connectivity index (χ2v) is 4.63. The van der Waals surface area contributed by atoms with Crippen LogP contribution in [0, 0.1) is 5.41 Å². The molecule has 0 bridgehead atoms. The molecule has 0 saturated heterocycles. The summed E-state index contributed by atoms with van der Waals surface area (Å²) in [4.78, 5) is 34.0. The smallest absolute Gasteiger partial charge is 0.311 e. The van der Waals surface area contributed by atoms with Crippen LogP contribution in [0.4, 0.5) is 0 Å². The molecule has 18 heavy (non-hydrogen) atoms. The van der Waals surface area contributed by atoms with Crippen LogP contribution < -0.4 is 10.9 Å². The van der Waals surface area contributed by atoms with E-state index in [-0.39, 0.29) is 17.7 Å². The van der Waals surface area contributed by atoms with Gasteiger partial charge in [-0.25, -0.2) is 0 Å². The minimum absolute atomic E-state index is 0.108. The lowest BCUT2D eigenvalue weighted by Crippen LogP contribution is -2.34. The van der Waals surface area contributed by atoms with Gasteiger partial charge < -0.3 is 15.0 Å². The molecule has 96 valence electrons. The summed E-state index contributed by atoms with van der Waals surface area (Å²) >= 11 is 0. The number of aliphatic carboxylic acids is 1. The maximum atomic E-state index is 11.8. The van der Waals surface area contributed by atoms with Crippen molar-refractivity contribution >= 4 is 11.9 Å². The second-order valence-electron chi connectivity index (χ2n) is 4.63. The molecule has 2 N–H and O–H groups in total. The highest BCUT2D eigenvalue weighted by molar-refractivity contribution is 5.94. The summed E-state index contributed by atoms with van der Waals surface area (Å²) in [5, 5.41) is 11.5. The molecular formula is C12H14N2O4. The van der Waals surface area contributed by atoms with Gasteiger partial charge in [-0.3, -0.25) is 14.4 Å². The molecule has 1 aliphatic rings. The van der Waals surface area contributed by atoms with Crippen molar-refractivity contribution in [1.82, 2.24) is 9.88 Å². The van der Waals surface area contributed by atoms with E-state index < -0.39 is 17.3 Å². The quantitative estimate of drug-likeness (QED) is 0.786. The first-order valence-electron chi connectivity index (χ1n) is 5.63. The van der Waals surface area contributed by atoms with E-state index >= 15 is 0 Å². The van der Waals surface area contributed by atoms with Gasteiger partial charge in [0.25, 0.3) is 11.5 Å². The van der Waals surface area contributed by atoms with Crippen LogP contribution in [0.3, 0.4) is 0 Å². The van der Waals surface area contributed by atoms with Crippen molar-refractivity contribution in [2.24, 2.45) is 12.5 Å². The number of carbonyl (C=O) groups excluding carboxylic acids is 1. The number of aromatic nitrogens is 1. The van der Waals surface area contributed by atoms with Gasteiger partial charge in [-0.05, 0) is 18.9 Å². The van der Waals surface area contributed by atoms with Crippen LogP contribution in [0.25, 0.3) is 0 Å². The fraction of sp³-hybridized carbons (Fsp3) is 0.417. The van der Waals surface area contributed by atoms with Gasteiger partial charge in [0, 0.05) is 31.4 Å². The predicted octanol–water partition coefficient (Wildman–Crippen LogP) is -0.0201. The van der Waals surface area contributed by atoms with Crippen LogP contribution in [0.15, 0.2) is 23.1 Å². The number of nitrogens with one attached hydrogen (secondary N) is 1. The molecule has 2 rings (SSSR count). The van der Waals surface area contributed by atoms with Crippen molar-refractivity contribution in [2.45, 2.75) is 12.8 Å². The molecule has 1 heterocycles.